The summed E-state index contributed by atoms with van der Waals surface area (Å²) in [6.07, 6.45) is 1.31. The second kappa shape index (κ2) is 4.96. The molecule has 82 valence electrons. The first-order valence-electron chi connectivity index (χ1n) is 5.33. The monoisotopic (exact) mass is 206 g/mol. The molecule has 15 heavy (non-hydrogen) atoms. The molecule has 0 spiro atoms. The van der Waals surface area contributed by atoms with Crippen molar-refractivity contribution in [1.82, 2.24) is 0 Å². The quantitative estimate of drug-likeness (QED) is 0.822. The highest BCUT2D eigenvalue weighted by atomic mass is 16.4. The molecule has 1 atom stereocenters. The molecule has 0 aliphatic heterocycles. The topological polar surface area (TPSA) is 37.3 Å². The molecule has 1 aromatic carbocycles. The highest BCUT2D eigenvalue weighted by molar-refractivity contribution is 5.70. The fourth-order valence-electron chi connectivity index (χ4n) is 1.62. The molecule has 0 saturated carbocycles. The molecular formula is C13H18O2. The first-order chi connectivity index (χ1) is 7.04. The van der Waals surface area contributed by atoms with E-state index in [4.69, 9.17) is 5.11 Å². The van der Waals surface area contributed by atoms with E-state index in [1.54, 1.807) is 0 Å². The third-order valence-corrected chi connectivity index (χ3v) is 2.90. The van der Waals surface area contributed by atoms with E-state index in [0.717, 1.165) is 5.56 Å². The van der Waals surface area contributed by atoms with E-state index in [1.807, 2.05) is 13.0 Å². The number of carboxylic acids is 1. The Hall–Kier alpha value is -1.31. The molecular weight excluding hydrogens is 188 g/mol. The molecule has 0 aliphatic rings. The molecule has 0 amide bonds. The van der Waals surface area contributed by atoms with E-state index in [2.05, 4.69) is 26.0 Å². The van der Waals surface area contributed by atoms with Crippen molar-refractivity contribution in [1.29, 1.82) is 0 Å². The van der Waals surface area contributed by atoms with E-state index < -0.39 is 5.97 Å². The highest BCUT2D eigenvalue weighted by Gasteiger charge is 2.15. The van der Waals surface area contributed by atoms with Crippen LogP contribution in [0.1, 0.15) is 30.0 Å². The molecule has 2 nitrogen and oxygen atoms in total. The summed E-state index contributed by atoms with van der Waals surface area (Å²) in [5.41, 5.74) is 3.60. The van der Waals surface area contributed by atoms with Crippen molar-refractivity contribution in [2.75, 3.05) is 0 Å². The molecule has 2 heteroatoms. The van der Waals surface area contributed by atoms with Crippen LogP contribution in [0.3, 0.4) is 0 Å². The Kier molecular flexibility index (Phi) is 3.89. The maximum atomic E-state index is 10.9. The number of carbonyl (C=O) groups is 1. The highest BCUT2D eigenvalue weighted by Crippen LogP contribution is 2.16. The molecule has 0 fully saturated rings. The summed E-state index contributed by atoms with van der Waals surface area (Å²) in [6, 6.07) is 6.16. The molecule has 0 aliphatic carbocycles. The smallest absolute Gasteiger partial charge is 0.306 e. The SMILES string of the molecule is CCC(Cc1ccc(C)c(C)c1)C(=O)O. The van der Waals surface area contributed by atoms with Crippen LogP contribution in [0.2, 0.25) is 0 Å². The number of aryl methyl sites for hydroxylation is 2. The molecule has 0 radical (unpaired) electrons. The zero-order valence-corrected chi connectivity index (χ0v) is 9.58. The Balaban J connectivity index is 2.80. The lowest BCUT2D eigenvalue weighted by Crippen LogP contribution is -2.15. The van der Waals surface area contributed by atoms with Gasteiger partial charge in [0.2, 0.25) is 0 Å². The normalized spacial score (nSPS) is 12.5. The number of carboxylic acid groups (broad SMARTS) is 1. The molecule has 0 aromatic heterocycles. The van der Waals surface area contributed by atoms with Crippen LogP contribution in [0.4, 0.5) is 0 Å². The van der Waals surface area contributed by atoms with Crippen LogP contribution < -0.4 is 0 Å². The zero-order chi connectivity index (χ0) is 11.4. The van der Waals surface area contributed by atoms with Gasteiger partial charge in [0.25, 0.3) is 0 Å². The third-order valence-electron chi connectivity index (χ3n) is 2.90. The Morgan fingerprint density at radius 3 is 2.47 bits per heavy atom. The number of aliphatic carboxylic acids is 1. The van der Waals surface area contributed by atoms with Crippen molar-refractivity contribution >= 4 is 5.97 Å². The van der Waals surface area contributed by atoms with E-state index in [0.29, 0.717) is 12.8 Å². The van der Waals surface area contributed by atoms with Gasteiger partial charge >= 0.3 is 5.97 Å². The van der Waals surface area contributed by atoms with Gasteiger partial charge in [0.05, 0.1) is 5.92 Å². The molecule has 1 unspecified atom stereocenters. The fourth-order valence-corrected chi connectivity index (χ4v) is 1.62. The van der Waals surface area contributed by atoms with Gasteiger partial charge in [-0.15, -0.1) is 0 Å². The average Bonchev–Trinajstić information content (AvgIpc) is 2.19. The summed E-state index contributed by atoms with van der Waals surface area (Å²) in [6.45, 7) is 6.04. The van der Waals surface area contributed by atoms with Crippen LogP contribution in [0, 0.1) is 19.8 Å². The van der Waals surface area contributed by atoms with Gasteiger partial charge in [0.15, 0.2) is 0 Å². The maximum absolute atomic E-state index is 10.9. The minimum Gasteiger partial charge on any atom is -0.481 e. The van der Waals surface area contributed by atoms with Gasteiger partial charge in [0.1, 0.15) is 0 Å². The van der Waals surface area contributed by atoms with Gasteiger partial charge in [-0.25, -0.2) is 0 Å². The molecule has 0 saturated heterocycles. The summed E-state index contributed by atoms with van der Waals surface area (Å²) in [5.74, 6) is -0.956. The lowest BCUT2D eigenvalue weighted by molar-refractivity contribution is -0.141. The Morgan fingerprint density at radius 2 is 2.00 bits per heavy atom. The lowest BCUT2D eigenvalue weighted by atomic mass is 9.95. The van der Waals surface area contributed by atoms with E-state index >= 15 is 0 Å². The van der Waals surface area contributed by atoms with Crippen molar-refractivity contribution in [3.8, 4) is 0 Å². The van der Waals surface area contributed by atoms with Gasteiger partial charge in [-0.2, -0.15) is 0 Å². The van der Waals surface area contributed by atoms with Crippen LogP contribution in [-0.4, -0.2) is 11.1 Å². The van der Waals surface area contributed by atoms with Gasteiger partial charge in [-0.1, -0.05) is 25.1 Å². The Morgan fingerprint density at radius 1 is 1.33 bits per heavy atom. The van der Waals surface area contributed by atoms with Crippen molar-refractivity contribution in [2.24, 2.45) is 5.92 Å². The zero-order valence-electron chi connectivity index (χ0n) is 9.58. The maximum Gasteiger partial charge on any atom is 0.306 e. The Labute approximate surface area is 90.9 Å². The summed E-state index contributed by atoms with van der Waals surface area (Å²) >= 11 is 0. The molecule has 1 aromatic rings. The van der Waals surface area contributed by atoms with E-state index in [-0.39, 0.29) is 5.92 Å². The number of hydrogen-bond acceptors (Lipinski definition) is 1. The second-order valence-electron chi connectivity index (χ2n) is 4.07. The largest absolute Gasteiger partial charge is 0.481 e. The average molecular weight is 206 g/mol. The van der Waals surface area contributed by atoms with Crippen LogP contribution >= 0.6 is 0 Å². The molecule has 1 rings (SSSR count). The summed E-state index contributed by atoms with van der Waals surface area (Å²) < 4.78 is 0. The van der Waals surface area contributed by atoms with Crippen LogP contribution in [0.25, 0.3) is 0 Å². The minimum absolute atomic E-state index is 0.257. The molecule has 0 heterocycles. The van der Waals surface area contributed by atoms with Crippen LogP contribution in [-0.2, 0) is 11.2 Å². The van der Waals surface area contributed by atoms with Gasteiger partial charge in [-0.3, -0.25) is 4.79 Å². The Bertz CT molecular complexity index is 356. The molecule has 0 bridgehead atoms. The summed E-state index contributed by atoms with van der Waals surface area (Å²) in [5, 5.41) is 8.96. The number of hydrogen-bond donors (Lipinski definition) is 1. The van der Waals surface area contributed by atoms with Crippen molar-refractivity contribution < 1.29 is 9.90 Å². The standard InChI is InChI=1S/C13H18O2/c1-4-12(13(14)15)8-11-6-5-9(2)10(3)7-11/h5-7,12H,4,8H2,1-3H3,(H,14,15). The van der Waals surface area contributed by atoms with E-state index in [1.165, 1.54) is 11.1 Å². The van der Waals surface area contributed by atoms with Crippen LogP contribution in [0.15, 0.2) is 18.2 Å². The van der Waals surface area contributed by atoms with Crippen LogP contribution in [0.5, 0.6) is 0 Å². The molecule has 1 N–H and O–H groups in total. The second-order valence-corrected chi connectivity index (χ2v) is 4.07. The van der Waals surface area contributed by atoms with Gasteiger partial charge < -0.3 is 5.11 Å². The first-order valence-corrected chi connectivity index (χ1v) is 5.33. The van der Waals surface area contributed by atoms with E-state index in [9.17, 15) is 4.79 Å². The van der Waals surface area contributed by atoms with Crippen molar-refractivity contribution in [3.05, 3.63) is 34.9 Å². The van der Waals surface area contributed by atoms with Crippen molar-refractivity contribution in [3.63, 3.8) is 0 Å². The third kappa shape index (κ3) is 3.08. The predicted octanol–water partition coefficient (Wildman–Crippen LogP) is 2.96. The predicted molar refractivity (Wildman–Crippen MR) is 61.0 cm³/mol. The summed E-state index contributed by atoms with van der Waals surface area (Å²) in [7, 11) is 0. The summed E-state index contributed by atoms with van der Waals surface area (Å²) in [4.78, 5) is 10.9. The minimum atomic E-state index is -0.698. The first kappa shape index (κ1) is 11.8. The van der Waals surface area contributed by atoms with Gasteiger partial charge in [0, 0.05) is 0 Å². The van der Waals surface area contributed by atoms with Gasteiger partial charge in [-0.05, 0) is 43.4 Å². The fraction of sp³-hybridized carbons (Fsp3) is 0.462. The number of rotatable bonds is 4. The lowest BCUT2D eigenvalue weighted by Gasteiger charge is -2.10. The van der Waals surface area contributed by atoms with Crippen molar-refractivity contribution in [2.45, 2.75) is 33.6 Å². The number of benzene rings is 1.